The minimum Gasteiger partial charge on any atom is -0.435 e. The Kier molecular flexibility index (Phi) is 5.41. The molecule has 0 fully saturated rings. The van der Waals surface area contributed by atoms with Crippen molar-refractivity contribution in [3.63, 3.8) is 0 Å². The molecule has 0 spiro atoms. The Labute approximate surface area is 158 Å². The number of carbonyl (C=O) groups excluding carboxylic acids is 1. The highest BCUT2D eigenvalue weighted by Gasteiger charge is 2.14. The average Bonchev–Trinajstić information content (AvgIpc) is 3.09. The first-order valence-electron chi connectivity index (χ1n) is 7.86. The van der Waals surface area contributed by atoms with Crippen molar-refractivity contribution in [3.05, 3.63) is 60.2 Å². The van der Waals surface area contributed by atoms with Crippen LogP contribution in [0.3, 0.4) is 0 Å². The lowest BCUT2D eigenvalue weighted by Gasteiger charge is -2.04. The summed E-state index contributed by atoms with van der Waals surface area (Å²) in [5, 5.41) is 6.28. The summed E-state index contributed by atoms with van der Waals surface area (Å²) in [6.07, 6.45) is 1.05. The first-order chi connectivity index (χ1) is 13.2. The number of aromatic nitrogens is 1. The summed E-state index contributed by atoms with van der Waals surface area (Å²) in [4.78, 5) is 12.3. The molecule has 0 bridgehead atoms. The number of halogens is 2. The van der Waals surface area contributed by atoms with E-state index >= 15 is 0 Å². The van der Waals surface area contributed by atoms with Gasteiger partial charge in [0.2, 0.25) is 5.88 Å². The first kappa shape index (κ1) is 19.5. The zero-order chi connectivity index (χ0) is 20.3. The van der Waals surface area contributed by atoms with Crippen LogP contribution in [0.2, 0.25) is 0 Å². The van der Waals surface area contributed by atoms with E-state index in [-0.39, 0.29) is 22.1 Å². The van der Waals surface area contributed by atoms with Gasteiger partial charge in [0, 0.05) is 23.4 Å². The molecule has 0 unspecified atom stereocenters. The van der Waals surface area contributed by atoms with E-state index in [0.29, 0.717) is 11.3 Å². The van der Waals surface area contributed by atoms with Crippen LogP contribution in [0.15, 0.2) is 64.0 Å². The lowest BCUT2D eigenvalue weighted by Crippen LogP contribution is -2.12. The highest BCUT2D eigenvalue weighted by atomic mass is 32.2. The molecule has 3 aromatic rings. The van der Waals surface area contributed by atoms with Gasteiger partial charge in [-0.3, -0.25) is 10.1 Å². The summed E-state index contributed by atoms with van der Waals surface area (Å²) >= 11 is 0. The van der Waals surface area contributed by atoms with Crippen LogP contribution in [-0.2, 0) is 9.84 Å². The molecule has 7 nitrogen and oxygen atoms in total. The third-order valence-electron chi connectivity index (χ3n) is 3.65. The zero-order valence-electron chi connectivity index (χ0n) is 14.4. The monoisotopic (exact) mass is 408 g/mol. The third kappa shape index (κ3) is 4.71. The number of carbonyl (C=O) groups is 1. The molecule has 0 atom stereocenters. The summed E-state index contributed by atoms with van der Waals surface area (Å²) in [6.45, 7) is -2.92. The second-order valence-electron chi connectivity index (χ2n) is 5.73. The fraction of sp³-hybridized carbons (Fsp3) is 0.111. The smallest absolute Gasteiger partial charge is 0.387 e. The summed E-state index contributed by atoms with van der Waals surface area (Å²) < 4.78 is 56.9. The zero-order valence-corrected chi connectivity index (χ0v) is 15.2. The standard InChI is InChI=1S/C18H14F2N2O5S/c1-28(24,25)14-4-2-3-12(9-14)17(23)21-16-10-15(22-27-16)11-5-7-13(8-6-11)26-18(19)20/h2-10,18H,1H3,(H,21,23). The van der Waals surface area contributed by atoms with Gasteiger partial charge in [-0.05, 0) is 42.5 Å². The second-order valence-corrected chi connectivity index (χ2v) is 7.75. The lowest BCUT2D eigenvalue weighted by atomic mass is 10.1. The molecule has 0 saturated carbocycles. The van der Waals surface area contributed by atoms with E-state index < -0.39 is 22.4 Å². The Hall–Kier alpha value is -3.27. The van der Waals surface area contributed by atoms with Crippen LogP contribution in [0.1, 0.15) is 10.4 Å². The topological polar surface area (TPSA) is 98.5 Å². The molecule has 0 radical (unpaired) electrons. The maximum Gasteiger partial charge on any atom is 0.387 e. The van der Waals surface area contributed by atoms with Gasteiger partial charge in [0.05, 0.1) is 4.90 Å². The molecule has 10 heteroatoms. The van der Waals surface area contributed by atoms with Crippen LogP contribution in [-0.4, -0.2) is 32.3 Å². The molecule has 1 amide bonds. The van der Waals surface area contributed by atoms with Gasteiger partial charge in [-0.1, -0.05) is 11.2 Å². The molecule has 28 heavy (non-hydrogen) atoms. The summed E-state index contributed by atoms with van der Waals surface area (Å²) in [5.41, 5.74) is 1.06. The average molecular weight is 408 g/mol. The SMILES string of the molecule is CS(=O)(=O)c1cccc(C(=O)Nc2cc(-c3ccc(OC(F)F)cc3)no2)c1. The quantitative estimate of drug-likeness (QED) is 0.669. The number of rotatable bonds is 6. The number of sulfone groups is 1. The number of nitrogens with one attached hydrogen (secondary N) is 1. The maximum atomic E-state index is 12.3. The predicted octanol–water partition coefficient (Wildman–Crippen LogP) is 3.60. The number of nitrogens with zero attached hydrogens (tertiary/aromatic N) is 1. The number of hydrogen-bond acceptors (Lipinski definition) is 6. The van der Waals surface area contributed by atoms with Gasteiger partial charge < -0.3 is 9.26 Å². The van der Waals surface area contributed by atoms with Gasteiger partial charge >= 0.3 is 6.61 Å². The Morgan fingerprint density at radius 3 is 2.50 bits per heavy atom. The van der Waals surface area contributed by atoms with E-state index in [4.69, 9.17) is 4.52 Å². The Balaban J connectivity index is 1.73. The van der Waals surface area contributed by atoms with E-state index in [2.05, 4.69) is 15.2 Å². The van der Waals surface area contributed by atoms with E-state index in [9.17, 15) is 22.0 Å². The molecule has 0 aliphatic heterocycles. The summed E-state index contributed by atoms with van der Waals surface area (Å²) in [5.74, 6) is -0.534. The molecular formula is C18H14F2N2O5S. The Morgan fingerprint density at radius 2 is 1.86 bits per heavy atom. The van der Waals surface area contributed by atoms with Crippen molar-refractivity contribution in [2.45, 2.75) is 11.5 Å². The molecule has 1 aromatic heterocycles. The van der Waals surface area contributed by atoms with Gasteiger partial charge in [-0.25, -0.2) is 8.42 Å². The van der Waals surface area contributed by atoms with Crippen LogP contribution in [0.5, 0.6) is 5.75 Å². The second kappa shape index (κ2) is 7.77. The number of alkyl halides is 2. The van der Waals surface area contributed by atoms with E-state index in [1.807, 2.05) is 0 Å². The first-order valence-corrected chi connectivity index (χ1v) is 9.75. The van der Waals surface area contributed by atoms with Crippen LogP contribution >= 0.6 is 0 Å². The molecule has 3 rings (SSSR count). The van der Waals surface area contributed by atoms with Crippen molar-refractivity contribution in [1.29, 1.82) is 0 Å². The van der Waals surface area contributed by atoms with Crippen molar-refractivity contribution in [1.82, 2.24) is 5.16 Å². The molecule has 1 N–H and O–H groups in total. The molecule has 0 aliphatic rings. The van der Waals surface area contributed by atoms with E-state index in [1.54, 1.807) is 0 Å². The van der Waals surface area contributed by atoms with Crippen molar-refractivity contribution < 1.29 is 31.3 Å². The van der Waals surface area contributed by atoms with Crippen molar-refractivity contribution in [2.24, 2.45) is 0 Å². The van der Waals surface area contributed by atoms with Crippen molar-refractivity contribution >= 4 is 21.6 Å². The molecular weight excluding hydrogens is 394 g/mol. The minimum absolute atomic E-state index is 0.00142. The van der Waals surface area contributed by atoms with Gasteiger partial charge in [0.1, 0.15) is 11.4 Å². The minimum atomic E-state index is -3.45. The largest absolute Gasteiger partial charge is 0.435 e. The molecule has 0 saturated heterocycles. The fourth-order valence-corrected chi connectivity index (χ4v) is 3.00. The number of benzene rings is 2. The third-order valence-corrected chi connectivity index (χ3v) is 4.76. The molecule has 146 valence electrons. The fourth-order valence-electron chi connectivity index (χ4n) is 2.33. The summed E-state index contributed by atoms with van der Waals surface area (Å²) in [6, 6.07) is 12.7. The van der Waals surface area contributed by atoms with E-state index in [0.717, 1.165) is 6.26 Å². The van der Waals surface area contributed by atoms with Crippen LogP contribution < -0.4 is 10.1 Å². The molecule has 0 aliphatic carbocycles. The highest BCUT2D eigenvalue weighted by Crippen LogP contribution is 2.25. The van der Waals surface area contributed by atoms with Gasteiger partial charge in [-0.2, -0.15) is 8.78 Å². The van der Waals surface area contributed by atoms with Gasteiger partial charge in [0.25, 0.3) is 5.91 Å². The van der Waals surface area contributed by atoms with Crippen LogP contribution in [0.25, 0.3) is 11.3 Å². The van der Waals surface area contributed by atoms with Crippen LogP contribution in [0, 0.1) is 0 Å². The van der Waals surface area contributed by atoms with Gasteiger partial charge in [-0.15, -0.1) is 0 Å². The normalized spacial score (nSPS) is 11.4. The number of amides is 1. The number of anilines is 1. The Morgan fingerprint density at radius 1 is 1.14 bits per heavy atom. The maximum absolute atomic E-state index is 12.3. The number of hydrogen-bond donors (Lipinski definition) is 1. The van der Waals surface area contributed by atoms with E-state index in [1.165, 1.54) is 54.6 Å². The van der Waals surface area contributed by atoms with Crippen LogP contribution in [0.4, 0.5) is 14.7 Å². The molecule has 1 heterocycles. The lowest BCUT2D eigenvalue weighted by molar-refractivity contribution is -0.0498. The Bertz CT molecular complexity index is 1100. The van der Waals surface area contributed by atoms with Crippen molar-refractivity contribution in [3.8, 4) is 17.0 Å². The van der Waals surface area contributed by atoms with Crippen molar-refractivity contribution in [2.75, 3.05) is 11.6 Å². The molecule has 2 aromatic carbocycles. The van der Waals surface area contributed by atoms with Gasteiger partial charge in [0.15, 0.2) is 9.84 Å². The highest BCUT2D eigenvalue weighted by molar-refractivity contribution is 7.90. The summed E-state index contributed by atoms with van der Waals surface area (Å²) in [7, 11) is -3.45. The number of ether oxygens (including phenoxy) is 1. The predicted molar refractivity (Wildman–Crippen MR) is 96.1 cm³/mol.